The first kappa shape index (κ1) is 17.3. The number of thiophene rings is 1. The first-order chi connectivity index (χ1) is 9.98. The number of hydrogen-bond acceptors (Lipinski definition) is 3. The highest BCUT2D eigenvalue weighted by Crippen LogP contribution is 2.39. The zero-order valence-electron chi connectivity index (χ0n) is 13.8. The lowest BCUT2D eigenvalue weighted by Crippen LogP contribution is -2.61. The summed E-state index contributed by atoms with van der Waals surface area (Å²) in [5.74, 6) is 0.872. The van der Waals surface area contributed by atoms with Crippen LogP contribution in [0, 0.1) is 5.92 Å². The Morgan fingerprint density at radius 2 is 2.05 bits per heavy atom. The summed E-state index contributed by atoms with van der Waals surface area (Å²) in [4.78, 5) is 3.87. The fourth-order valence-corrected chi connectivity index (χ4v) is 4.86. The molecule has 1 fully saturated rings. The molecule has 1 aromatic heterocycles. The number of rotatable bonds is 6. The molecule has 0 amide bonds. The van der Waals surface area contributed by atoms with E-state index in [0.29, 0.717) is 6.04 Å². The second-order valence-corrected chi connectivity index (χ2v) is 8.50. The number of nitrogens with one attached hydrogen (secondary N) is 1. The van der Waals surface area contributed by atoms with Crippen LogP contribution < -0.4 is 5.32 Å². The molecule has 1 atom stereocenters. The molecule has 0 bridgehead atoms. The van der Waals surface area contributed by atoms with Crippen LogP contribution in [-0.2, 0) is 6.42 Å². The Labute approximate surface area is 138 Å². The molecule has 0 spiro atoms. The van der Waals surface area contributed by atoms with E-state index in [0.717, 1.165) is 23.2 Å². The molecule has 0 radical (unpaired) electrons. The maximum absolute atomic E-state index is 6.11. The highest BCUT2D eigenvalue weighted by atomic mass is 35.5. The highest BCUT2D eigenvalue weighted by Gasteiger charge is 2.42. The minimum absolute atomic E-state index is 0.277. The lowest BCUT2D eigenvalue weighted by atomic mass is 9.71. The van der Waals surface area contributed by atoms with Crippen molar-refractivity contribution in [2.75, 3.05) is 20.6 Å². The molecule has 4 heteroatoms. The van der Waals surface area contributed by atoms with E-state index in [2.05, 4.69) is 44.2 Å². The van der Waals surface area contributed by atoms with E-state index in [-0.39, 0.29) is 5.54 Å². The number of hydrogen-bond donors (Lipinski definition) is 1. The van der Waals surface area contributed by atoms with Crippen molar-refractivity contribution in [3.05, 3.63) is 21.3 Å². The van der Waals surface area contributed by atoms with Gasteiger partial charge in [0, 0.05) is 16.5 Å². The van der Waals surface area contributed by atoms with Gasteiger partial charge in [0.2, 0.25) is 0 Å². The van der Waals surface area contributed by atoms with Crippen molar-refractivity contribution in [1.29, 1.82) is 0 Å². The Bertz CT molecular complexity index is 436. The van der Waals surface area contributed by atoms with Gasteiger partial charge in [-0.1, -0.05) is 25.4 Å². The van der Waals surface area contributed by atoms with E-state index in [4.69, 9.17) is 11.6 Å². The van der Waals surface area contributed by atoms with Crippen LogP contribution in [0.25, 0.3) is 0 Å². The Kier molecular flexibility index (Phi) is 6.13. The molecule has 0 aliphatic heterocycles. The van der Waals surface area contributed by atoms with Crippen LogP contribution in [-0.4, -0.2) is 37.1 Å². The normalized spacial score (nSPS) is 28.0. The molecule has 21 heavy (non-hydrogen) atoms. The number of halogens is 1. The zero-order chi connectivity index (χ0) is 15.5. The average Bonchev–Trinajstić information content (AvgIpc) is 2.85. The lowest BCUT2D eigenvalue weighted by Gasteiger charge is -2.50. The van der Waals surface area contributed by atoms with E-state index < -0.39 is 0 Å². The first-order valence-corrected chi connectivity index (χ1v) is 9.32. The molecule has 1 aliphatic rings. The van der Waals surface area contributed by atoms with E-state index in [1.54, 1.807) is 11.3 Å². The minimum atomic E-state index is 0.277. The SMILES string of the molecule is CCNC(Cc1ccc(Cl)s1)C1(N(C)C)CCC(C)CC1. The predicted molar refractivity (Wildman–Crippen MR) is 94.5 cm³/mol. The molecule has 1 heterocycles. The molecule has 2 nitrogen and oxygen atoms in total. The maximum atomic E-state index is 6.11. The number of likely N-dealkylation sites (N-methyl/N-ethyl adjacent to an activating group) is 2. The van der Waals surface area contributed by atoms with Crippen LogP contribution in [0.5, 0.6) is 0 Å². The molecule has 1 aromatic rings. The predicted octanol–water partition coefficient (Wildman–Crippen LogP) is 4.43. The molecule has 120 valence electrons. The van der Waals surface area contributed by atoms with E-state index in [9.17, 15) is 0 Å². The molecular formula is C17H29ClN2S. The summed E-state index contributed by atoms with van der Waals surface area (Å²) in [5, 5.41) is 3.77. The molecule has 1 aliphatic carbocycles. The van der Waals surface area contributed by atoms with Gasteiger partial charge in [-0.3, -0.25) is 0 Å². The molecule has 2 rings (SSSR count). The van der Waals surface area contributed by atoms with Crippen LogP contribution in [0.1, 0.15) is 44.4 Å². The summed E-state index contributed by atoms with van der Waals surface area (Å²) in [5.41, 5.74) is 0.277. The van der Waals surface area contributed by atoms with Gasteiger partial charge in [-0.05, 0) is 70.8 Å². The largest absolute Gasteiger partial charge is 0.312 e. The lowest BCUT2D eigenvalue weighted by molar-refractivity contribution is 0.0443. The zero-order valence-corrected chi connectivity index (χ0v) is 15.4. The van der Waals surface area contributed by atoms with Crippen molar-refractivity contribution in [3.63, 3.8) is 0 Å². The Morgan fingerprint density at radius 3 is 2.52 bits per heavy atom. The summed E-state index contributed by atoms with van der Waals surface area (Å²) >= 11 is 7.83. The van der Waals surface area contributed by atoms with Crippen molar-refractivity contribution in [1.82, 2.24) is 10.2 Å². The van der Waals surface area contributed by atoms with Gasteiger partial charge in [-0.2, -0.15) is 0 Å². The maximum Gasteiger partial charge on any atom is 0.0931 e. The average molecular weight is 329 g/mol. The third-order valence-corrected chi connectivity index (χ3v) is 6.42. The number of nitrogens with zero attached hydrogens (tertiary/aromatic N) is 1. The van der Waals surface area contributed by atoms with Gasteiger partial charge in [0.25, 0.3) is 0 Å². The summed E-state index contributed by atoms with van der Waals surface area (Å²) < 4.78 is 0.899. The molecular weight excluding hydrogens is 300 g/mol. The third kappa shape index (κ3) is 4.01. The van der Waals surface area contributed by atoms with Gasteiger partial charge < -0.3 is 10.2 Å². The standard InChI is InChI=1S/C17H29ClN2S/c1-5-19-15(12-14-6-7-16(18)21-14)17(20(3)4)10-8-13(2)9-11-17/h6-7,13,15,19H,5,8-12H2,1-4H3. The van der Waals surface area contributed by atoms with Crippen molar-refractivity contribution in [3.8, 4) is 0 Å². The highest BCUT2D eigenvalue weighted by molar-refractivity contribution is 7.16. The smallest absolute Gasteiger partial charge is 0.0931 e. The first-order valence-electron chi connectivity index (χ1n) is 8.13. The molecule has 0 aromatic carbocycles. The fraction of sp³-hybridized carbons (Fsp3) is 0.765. The van der Waals surface area contributed by atoms with Crippen LogP contribution >= 0.6 is 22.9 Å². The Morgan fingerprint density at radius 1 is 1.38 bits per heavy atom. The monoisotopic (exact) mass is 328 g/mol. The summed E-state index contributed by atoms with van der Waals surface area (Å²) in [6, 6.07) is 4.71. The van der Waals surface area contributed by atoms with Crippen molar-refractivity contribution < 1.29 is 0 Å². The van der Waals surface area contributed by atoms with Gasteiger partial charge in [-0.15, -0.1) is 11.3 Å². The molecule has 1 unspecified atom stereocenters. The van der Waals surface area contributed by atoms with Crippen LogP contribution in [0.3, 0.4) is 0 Å². The van der Waals surface area contributed by atoms with Crippen molar-refractivity contribution >= 4 is 22.9 Å². The van der Waals surface area contributed by atoms with Crippen molar-refractivity contribution in [2.24, 2.45) is 5.92 Å². The second kappa shape index (κ2) is 7.45. The Hall–Kier alpha value is -0.0900. The molecule has 1 N–H and O–H groups in total. The van der Waals surface area contributed by atoms with Crippen LogP contribution in [0.4, 0.5) is 0 Å². The van der Waals surface area contributed by atoms with Gasteiger partial charge >= 0.3 is 0 Å². The fourth-order valence-electron chi connectivity index (χ4n) is 3.73. The topological polar surface area (TPSA) is 15.3 Å². The van der Waals surface area contributed by atoms with Crippen LogP contribution in [0.2, 0.25) is 4.34 Å². The minimum Gasteiger partial charge on any atom is -0.312 e. The quantitative estimate of drug-likeness (QED) is 0.831. The van der Waals surface area contributed by atoms with Gasteiger partial charge in [0.05, 0.1) is 4.34 Å². The molecule has 0 saturated heterocycles. The van der Waals surface area contributed by atoms with E-state index in [1.165, 1.54) is 30.6 Å². The summed E-state index contributed by atoms with van der Waals surface area (Å²) in [6.45, 7) is 5.62. The second-order valence-electron chi connectivity index (χ2n) is 6.70. The van der Waals surface area contributed by atoms with Gasteiger partial charge in [0.1, 0.15) is 0 Å². The van der Waals surface area contributed by atoms with E-state index >= 15 is 0 Å². The summed E-state index contributed by atoms with van der Waals surface area (Å²) in [7, 11) is 4.50. The molecule has 1 saturated carbocycles. The van der Waals surface area contributed by atoms with Crippen LogP contribution in [0.15, 0.2) is 12.1 Å². The van der Waals surface area contributed by atoms with Gasteiger partial charge in [-0.25, -0.2) is 0 Å². The van der Waals surface area contributed by atoms with Crippen molar-refractivity contribution in [2.45, 2.75) is 57.5 Å². The summed E-state index contributed by atoms with van der Waals surface area (Å²) in [6.07, 6.45) is 6.34. The Balaban J connectivity index is 2.20. The van der Waals surface area contributed by atoms with Gasteiger partial charge in [0.15, 0.2) is 0 Å². The van der Waals surface area contributed by atoms with E-state index in [1.807, 2.05) is 6.07 Å². The third-order valence-electron chi connectivity index (χ3n) is 5.16.